The van der Waals surface area contributed by atoms with Gasteiger partial charge in [-0.3, -0.25) is 9.89 Å². The lowest BCUT2D eigenvalue weighted by Crippen LogP contribution is -2.44. The van der Waals surface area contributed by atoms with Gasteiger partial charge in [-0.15, -0.1) is 0 Å². The van der Waals surface area contributed by atoms with Gasteiger partial charge in [0.05, 0.1) is 18.1 Å². The van der Waals surface area contributed by atoms with Crippen LogP contribution in [-0.2, 0) is 4.79 Å². The quantitative estimate of drug-likeness (QED) is 0.701. The fraction of sp³-hybridized carbons (Fsp3) is 0.579. The predicted octanol–water partition coefficient (Wildman–Crippen LogP) is 2.42. The number of piperidine rings is 1. The summed E-state index contributed by atoms with van der Waals surface area (Å²) in [5.74, 6) is -2.35. The Labute approximate surface area is 169 Å². The number of aliphatic hydroxyl groups excluding tert-OH is 1. The van der Waals surface area contributed by atoms with Crippen molar-refractivity contribution in [3.8, 4) is 0 Å². The van der Waals surface area contributed by atoms with Crippen LogP contribution in [0, 0.1) is 0 Å². The number of nitrogens with zero attached hydrogens (tertiary/aromatic N) is 4. The van der Waals surface area contributed by atoms with Crippen molar-refractivity contribution in [1.29, 1.82) is 0 Å². The maximum atomic E-state index is 13.6. The summed E-state index contributed by atoms with van der Waals surface area (Å²) >= 11 is 0. The number of alkyl halides is 3. The van der Waals surface area contributed by atoms with E-state index in [1.54, 1.807) is 0 Å². The van der Waals surface area contributed by atoms with Gasteiger partial charge in [0.1, 0.15) is 17.8 Å². The van der Waals surface area contributed by atoms with Crippen LogP contribution in [-0.4, -0.2) is 56.5 Å². The lowest BCUT2D eigenvalue weighted by atomic mass is 9.83. The number of amides is 1. The van der Waals surface area contributed by atoms with E-state index in [1.165, 1.54) is 0 Å². The molecule has 160 valence electrons. The number of nitrogens with one attached hydrogen (secondary N) is 2. The zero-order valence-electron chi connectivity index (χ0n) is 16.0. The van der Waals surface area contributed by atoms with Gasteiger partial charge in [-0.05, 0) is 25.7 Å². The number of hydrogen-bond donors (Lipinski definition) is 3. The van der Waals surface area contributed by atoms with E-state index in [4.69, 9.17) is 0 Å². The summed E-state index contributed by atoms with van der Waals surface area (Å²) in [7, 11) is 0. The second-order valence-corrected chi connectivity index (χ2v) is 8.19. The molecule has 0 aromatic carbocycles. The number of carbonyl (C=O) groups excluding carboxylic acids is 1. The molecule has 5 rings (SSSR count). The summed E-state index contributed by atoms with van der Waals surface area (Å²) in [6.07, 6.45) is 0.152. The highest BCUT2D eigenvalue weighted by Gasteiger charge is 2.53. The summed E-state index contributed by atoms with van der Waals surface area (Å²) in [6.45, 7) is 1.27. The largest absolute Gasteiger partial charge is 0.398 e. The van der Waals surface area contributed by atoms with Crippen LogP contribution < -0.4 is 10.2 Å². The molecule has 4 heterocycles. The topological polar surface area (TPSA) is 107 Å². The first-order valence-electron chi connectivity index (χ1n) is 10.0. The van der Waals surface area contributed by atoms with Crippen LogP contribution in [0.15, 0.2) is 12.4 Å². The van der Waals surface area contributed by atoms with Crippen molar-refractivity contribution in [3.05, 3.63) is 29.5 Å². The van der Waals surface area contributed by atoms with Crippen LogP contribution in [0.2, 0.25) is 0 Å². The van der Waals surface area contributed by atoms with E-state index < -0.39 is 24.1 Å². The molecule has 0 unspecified atom stereocenters. The normalized spacial score (nSPS) is 25.2. The number of halogens is 3. The summed E-state index contributed by atoms with van der Waals surface area (Å²) in [4.78, 5) is 22.7. The molecule has 1 amide bonds. The third-order valence-corrected chi connectivity index (χ3v) is 6.19. The lowest BCUT2D eigenvalue weighted by molar-refractivity contribution is -0.177. The molecule has 30 heavy (non-hydrogen) atoms. The third-order valence-electron chi connectivity index (χ3n) is 6.19. The summed E-state index contributed by atoms with van der Waals surface area (Å²) in [5, 5.41) is 18.8. The van der Waals surface area contributed by atoms with E-state index in [0.29, 0.717) is 37.5 Å². The van der Waals surface area contributed by atoms with E-state index >= 15 is 0 Å². The molecule has 2 aromatic heterocycles. The van der Waals surface area contributed by atoms with Crippen molar-refractivity contribution in [2.24, 2.45) is 0 Å². The highest BCUT2D eigenvalue weighted by atomic mass is 19.4. The average molecular weight is 422 g/mol. The maximum absolute atomic E-state index is 13.6. The molecule has 0 bridgehead atoms. The number of hydrogen-bond acceptors (Lipinski definition) is 6. The number of carbonyl (C=O) groups is 1. The Morgan fingerprint density at radius 2 is 1.73 bits per heavy atom. The molecule has 2 aliphatic heterocycles. The highest BCUT2D eigenvalue weighted by molar-refractivity contribution is 5.97. The number of aromatic nitrogens is 4. The number of anilines is 2. The third kappa shape index (κ3) is 3.30. The van der Waals surface area contributed by atoms with Crippen molar-refractivity contribution in [3.63, 3.8) is 0 Å². The van der Waals surface area contributed by atoms with Crippen LogP contribution in [0.25, 0.3) is 0 Å². The van der Waals surface area contributed by atoms with E-state index in [2.05, 4.69) is 30.4 Å². The fourth-order valence-electron chi connectivity index (χ4n) is 4.40. The predicted molar refractivity (Wildman–Crippen MR) is 100 cm³/mol. The van der Waals surface area contributed by atoms with Crippen LogP contribution >= 0.6 is 0 Å². The lowest BCUT2D eigenvalue weighted by Gasteiger charge is -2.35. The molecule has 3 aliphatic rings. The van der Waals surface area contributed by atoms with Gasteiger partial charge in [0.2, 0.25) is 0 Å². The van der Waals surface area contributed by atoms with Crippen molar-refractivity contribution in [2.45, 2.75) is 55.7 Å². The van der Waals surface area contributed by atoms with Gasteiger partial charge in [0.15, 0.2) is 5.82 Å². The van der Waals surface area contributed by atoms with E-state index in [0.717, 1.165) is 24.4 Å². The number of aromatic amines is 1. The van der Waals surface area contributed by atoms with Crippen LogP contribution in [0.5, 0.6) is 0 Å². The molecule has 3 N–H and O–H groups in total. The summed E-state index contributed by atoms with van der Waals surface area (Å²) in [5.41, 5.74) is 1.09. The standard InChI is InChI=1S/C19H21F3N6O2/c20-19(21,22)13-12-14(26-27-17(12)25-18(30)15(13)29)9-3-5-28(6-4-9)11-7-23-16(24-8-11)10-1-2-10/h7-10,13,15,29H,1-6H2,(H2,25,26,27,30)/t13-,15-/m1/s1. The van der Waals surface area contributed by atoms with E-state index in [-0.39, 0.29) is 17.3 Å². The first kappa shape index (κ1) is 19.3. The monoisotopic (exact) mass is 422 g/mol. The Morgan fingerprint density at radius 1 is 1.07 bits per heavy atom. The van der Waals surface area contributed by atoms with E-state index in [1.807, 2.05) is 12.4 Å². The molecule has 8 nitrogen and oxygen atoms in total. The van der Waals surface area contributed by atoms with Crippen LogP contribution in [0.1, 0.15) is 60.5 Å². The molecular formula is C19H21F3N6O2. The van der Waals surface area contributed by atoms with Gasteiger partial charge < -0.3 is 15.3 Å². The second-order valence-electron chi connectivity index (χ2n) is 8.19. The van der Waals surface area contributed by atoms with Crippen molar-refractivity contribution in [1.82, 2.24) is 20.2 Å². The molecule has 2 fully saturated rings. The van der Waals surface area contributed by atoms with Gasteiger partial charge >= 0.3 is 6.18 Å². The zero-order valence-corrected chi connectivity index (χ0v) is 16.0. The minimum Gasteiger partial charge on any atom is -0.382 e. The van der Waals surface area contributed by atoms with Crippen molar-refractivity contribution >= 4 is 17.4 Å². The van der Waals surface area contributed by atoms with Crippen molar-refractivity contribution in [2.75, 3.05) is 23.3 Å². The fourth-order valence-corrected chi connectivity index (χ4v) is 4.40. The van der Waals surface area contributed by atoms with Gasteiger partial charge in [-0.2, -0.15) is 18.3 Å². The Kier molecular flexibility index (Phi) is 4.46. The smallest absolute Gasteiger partial charge is 0.382 e. The highest BCUT2D eigenvalue weighted by Crippen LogP contribution is 2.47. The molecule has 0 spiro atoms. The number of aliphatic hydroxyl groups is 1. The second kappa shape index (κ2) is 6.93. The Balaban J connectivity index is 1.34. The first-order valence-corrected chi connectivity index (χ1v) is 10.0. The number of H-pyrrole nitrogens is 1. The maximum Gasteiger partial charge on any atom is 0.398 e. The Hall–Kier alpha value is -2.69. The number of rotatable bonds is 3. The molecule has 2 atom stereocenters. The summed E-state index contributed by atoms with van der Waals surface area (Å²) in [6, 6.07) is 0. The molecule has 0 radical (unpaired) electrons. The minimum atomic E-state index is -4.76. The minimum absolute atomic E-state index is 0.144. The molecule has 11 heteroatoms. The van der Waals surface area contributed by atoms with Gasteiger partial charge in [0, 0.05) is 36.2 Å². The van der Waals surface area contributed by atoms with Gasteiger partial charge in [-0.1, -0.05) is 0 Å². The van der Waals surface area contributed by atoms with Crippen molar-refractivity contribution < 1.29 is 23.1 Å². The molecule has 1 aliphatic carbocycles. The molecular weight excluding hydrogens is 401 g/mol. The first-order chi connectivity index (χ1) is 14.3. The number of fused-ring (bicyclic) bond motifs is 1. The molecule has 1 saturated heterocycles. The summed E-state index contributed by atoms with van der Waals surface area (Å²) < 4.78 is 40.9. The zero-order chi connectivity index (χ0) is 21.0. The van der Waals surface area contributed by atoms with Crippen LogP contribution in [0.3, 0.4) is 0 Å². The SMILES string of the molecule is O=C1Nc2n[nH]c(C3CCN(c4cnc(C5CC5)nc4)CC3)c2[C@@H](C(F)(F)F)[C@H]1O. The van der Waals surface area contributed by atoms with Gasteiger partial charge in [-0.25, -0.2) is 9.97 Å². The molecule has 1 saturated carbocycles. The molecule has 2 aromatic rings. The van der Waals surface area contributed by atoms with E-state index in [9.17, 15) is 23.1 Å². The average Bonchev–Trinajstić information content (AvgIpc) is 3.49. The Bertz CT molecular complexity index is 948. The Morgan fingerprint density at radius 3 is 2.33 bits per heavy atom. The van der Waals surface area contributed by atoms with Crippen LogP contribution in [0.4, 0.5) is 24.7 Å². The van der Waals surface area contributed by atoms with Gasteiger partial charge in [0.25, 0.3) is 5.91 Å².